The largest absolute Gasteiger partial charge is 0.490 e. The van der Waals surface area contributed by atoms with E-state index in [2.05, 4.69) is 25.5 Å². The van der Waals surface area contributed by atoms with Crippen molar-refractivity contribution in [3.63, 3.8) is 0 Å². The smallest absolute Gasteiger partial charge is 0.481 e. The van der Waals surface area contributed by atoms with E-state index in [-0.39, 0.29) is 19.4 Å². The highest BCUT2D eigenvalue weighted by Gasteiger charge is 2.38. The molecule has 0 radical (unpaired) electrons. The van der Waals surface area contributed by atoms with Gasteiger partial charge in [0.25, 0.3) is 0 Å². The lowest BCUT2D eigenvalue weighted by Crippen LogP contribution is -2.39. The molecule has 1 atom stereocenters. The number of aromatic amines is 1. The fourth-order valence-electron chi connectivity index (χ4n) is 2.58. The summed E-state index contributed by atoms with van der Waals surface area (Å²) in [5, 5.41) is 26.1. The number of rotatable bonds is 4. The van der Waals surface area contributed by atoms with Crippen LogP contribution in [-0.2, 0) is 9.59 Å². The molecule has 1 aliphatic heterocycles. The molecule has 1 saturated heterocycles. The zero-order valence-electron chi connectivity index (χ0n) is 15.8. The zero-order valence-corrected chi connectivity index (χ0v) is 16.8. The topological polar surface area (TPSA) is 144 Å². The van der Waals surface area contributed by atoms with Crippen molar-refractivity contribution in [1.82, 2.24) is 20.2 Å². The average molecular weight is 450 g/mol. The summed E-state index contributed by atoms with van der Waals surface area (Å²) >= 11 is 0. The Morgan fingerprint density at radius 1 is 1.30 bits per heavy atom. The second-order valence-electron chi connectivity index (χ2n) is 6.22. The number of halogens is 3. The number of aryl methyl sites for hydroxylation is 1. The van der Waals surface area contributed by atoms with Gasteiger partial charge in [-0.25, -0.2) is 9.78 Å². The molecule has 14 heteroatoms. The minimum atomic E-state index is -5.08. The molecule has 3 heterocycles. The van der Waals surface area contributed by atoms with E-state index >= 15 is 0 Å². The molecule has 2 aromatic rings. The summed E-state index contributed by atoms with van der Waals surface area (Å²) in [5.74, 6) is -1.91. The Bertz CT molecular complexity index is 850. The Balaban J connectivity index is 0.000000489. The number of carbonyl (C=O) groups is 2. The third kappa shape index (κ3) is 7.42. The van der Waals surface area contributed by atoms with Crippen LogP contribution in [0.1, 0.15) is 18.5 Å². The molecule has 0 bridgehead atoms. The van der Waals surface area contributed by atoms with Gasteiger partial charge >= 0.3 is 18.1 Å². The lowest BCUT2D eigenvalue weighted by Gasteiger charge is -2.31. The SMILES string of the molecule is Cc1cc(Nc2ccn[nH]2)nc(N2CCC[C@H](C(=O)O)C2)n1.O=C(O)C(F)(F)F.S. The fourth-order valence-corrected chi connectivity index (χ4v) is 2.58. The highest BCUT2D eigenvalue weighted by Crippen LogP contribution is 2.23. The molecule has 30 heavy (non-hydrogen) atoms. The maximum absolute atomic E-state index is 11.2. The number of nitrogens with zero attached hydrogens (tertiary/aromatic N) is 4. The van der Waals surface area contributed by atoms with Crippen LogP contribution < -0.4 is 10.2 Å². The lowest BCUT2D eigenvalue weighted by molar-refractivity contribution is -0.192. The number of piperidine rings is 1. The highest BCUT2D eigenvalue weighted by atomic mass is 32.1. The molecule has 0 aliphatic carbocycles. The zero-order chi connectivity index (χ0) is 21.6. The summed E-state index contributed by atoms with van der Waals surface area (Å²) in [6.07, 6.45) is -1.89. The molecule has 0 saturated carbocycles. The van der Waals surface area contributed by atoms with Crippen LogP contribution in [0.4, 0.5) is 30.8 Å². The number of anilines is 3. The van der Waals surface area contributed by atoms with Crippen LogP contribution in [0, 0.1) is 12.8 Å². The van der Waals surface area contributed by atoms with Crippen LogP contribution >= 0.6 is 13.5 Å². The molecule has 0 unspecified atom stereocenters. The van der Waals surface area contributed by atoms with Gasteiger partial charge in [0.15, 0.2) is 0 Å². The summed E-state index contributed by atoms with van der Waals surface area (Å²) < 4.78 is 31.7. The van der Waals surface area contributed by atoms with Crippen LogP contribution in [0.15, 0.2) is 18.3 Å². The predicted octanol–water partition coefficient (Wildman–Crippen LogP) is 2.30. The van der Waals surface area contributed by atoms with Crippen LogP contribution in [0.5, 0.6) is 0 Å². The van der Waals surface area contributed by atoms with Crippen molar-refractivity contribution in [3.8, 4) is 0 Å². The van der Waals surface area contributed by atoms with Crippen molar-refractivity contribution >= 4 is 43.0 Å². The van der Waals surface area contributed by atoms with Crippen molar-refractivity contribution in [2.45, 2.75) is 25.9 Å². The van der Waals surface area contributed by atoms with E-state index in [0.717, 1.165) is 24.5 Å². The third-order valence-corrected chi connectivity index (χ3v) is 3.90. The number of aromatic nitrogens is 4. The van der Waals surface area contributed by atoms with Crippen LogP contribution in [-0.4, -0.2) is 61.6 Å². The monoisotopic (exact) mass is 450 g/mol. The number of alkyl halides is 3. The third-order valence-electron chi connectivity index (χ3n) is 3.90. The van der Waals surface area contributed by atoms with Gasteiger partial charge in [0.05, 0.1) is 12.1 Å². The number of hydrogen-bond donors (Lipinski definition) is 4. The number of H-pyrrole nitrogens is 1. The first-order valence-electron chi connectivity index (χ1n) is 8.46. The second kappa shape index (κ2) is 10.7. The fraction of sp³-hybridized carbons (Fsp3) is 0.438. The van der Waals surface area contributed by atoms with E-state index in [9.17, 15) is 23.1 Å². The summed E-state index contributed by atoms with van der Waals surface area (Å²) in [6, 6.07) is 3.64. The van der Waals surface area contributed by atoms with Gasteiger partial charge in [0.1, 0.15) is 11.6 Å². The molecule has 2 aromatic heterocycles. The lowest BCUT2D eigenvalue weighted by atomic mass is 9.99. The van der Waals surface area contributed by atoms with E-state index < -0.39 is 18.1 Å². The first kappa shape index (κ1) is 25.0. The minimum absolute atomic E-state index is 0. The molecule has 3 rings (SSSR count). The minimum Gasteiger partial charge on any atom is -0.481 e. The Labute approximate surface area is 176 Å². The van der Waals surface area contributed by atoms with Crippen LogP contribution in [0.3, 0.4) is 0 Å². The van der Waals surface area contributed by atoms with Gasteiger partial charge in [-0.15, -0.1) is 0 Å². The summed E-state index contributed by atoms with van der Waals surface area (Å²) in [7, 11) is 0. The summed E-state index contributed by atoms with van der Waals surface area (Å²) in [4.78, 5) is 30.9. The van der Waals surface area contributed by atoms with Gasteiger partial charge < -0.3 is 20.4 Å². The van der Waals surface area contributed by atoms with Gasteiger partial charge in [-0.2, -0.15) is 36.7 Å². The van der Waals surface area contributed by atoms with Gasteiger partial charge in [-0.1, -0.05) is 0 Å². The number of carboxylic acid groups (broad SMARTS) is 2. The Morgan fingerprint density at radius 2 is 1.97 bits per heavy atom. The van der Waals surface area contributed by atoms with Gasteiger partial charge in [-0.05, 0) is 19.8 Å². The Kier molecular flexibility index (Phi) is 8.89. The van der Waals surface area contributed by atoms with Crippen molar-refractivity contribution in [2.75, 3.05) is 23.3 Å². The number of carboxylic acids is 2. The molecule has 4 N–H and O–H groups in total. The Hall–Kier alpha value is -3.03. The molecular formula is C16H21F3N6O4S. The van der Waals surface area contributed by atoms with Crippen molar-refractivity contribution in [3.05, 3.63) is 24.0 Å². The van der Waals surface area contributed by atoms with Crippen LogP contribution in [0.2, 0.25) is 0 Å². The maximum atomic E-state index is 11.2. The van der Waals surface area contributed by atoms with E-state index in [4.69, 9.17) is 9.90 Å². The normalized spacial score (nSPS) is 16.0. The van der Waals surface area contributed by atoms with Gasteiger partial charge in [-0.3, -0.25) is 9.89 Å². The van der Waals surface area contributed by atoms with Crippen molar-refractivity contribution in [2.24, 2.45) is 5.92 Å². The molecule has 1 aliphatic rings. The average Bonchev–Trinajstić information content (AvgIpc) is 3.14. The molecule has 0 aromatic carbocycles. The van der Waals surface area contributed by atoms with Crippen LogP contribution in [0.25, 0.3) is 0 Å². The van der Waals surface area contributed by atoms with E-state index in [0.29, 0.717) is 24.7 Å². The Morgan fingerprint density at radius 3 is 2.50 bits per heavy atom. The molecule has 10 nitrogen and oxygen atoms in total. The molecule has 0 spiro atoms. The molecular weight excluding hydrogens is 429 g/mol. The highest BCUT2D eigenvalue weighted by molar-refractivity contribution is 7.59. The van der Waals surface area contributed by atoms with E-state index in [1.54, 1.807) is 12.3 Å². The number of aliphatic carboxylic acids is 2. The molecule has 1 fully saturated rings. The number of nitrogens with one attached hydrogen (secondary N) is 2. The van der Waals surface area contributed by atoms with Crippen molar-refractivity contribution in [1.29, 1.82) is 0 Å². The summed E-state index contributed by atoms with van der Waals surface area (Å²) in [5.41, 5.74) is 0.824. The van der Waals surface area contributed by atoms with Crippen molar-refractivity contribution < 1.29 is 33.0 Å². The van der Waals surface area contributed by atoms with E-state index in [1.165, 1.54) is 0 Å². The molecule has 166 valence electrons. The summed E-state index contributed by atoms with van der Waals surface area (Å²) in [6.45, 7) is 3.11. The first-order valence-corrected chi connectivity index (χ1v) is 8.46. The maximum Gasteiger partial charge on any atom is 0.490 e. The van der Waals surface area contributed by atoms with Gasteiger partial charge in [0.2, 0.25) is 5.95 Å². The quantitative estimate of drug-likeness (QED) is 0.551. The first-order chi connectivity index (χ1) is 13.6. The van der Waals surface area contributed by atoms with Gasteiger partial charge in [0, 0.05) is 30.9 Å². The van der Waals surface area contributed by atoms with E-state index in [1.807, 2.05) is 17.9 Å². The predicted molar refractivity (Wildman–Crippen MR) is 105 cm³/mol. The second-order valence-corrected chi connectivity index (χ2v) is 6.22. The standard InChI is InChI=1S/C14H18N6O2.C2HF3O2.H2S/c1-9-7-12(17-11-4-5-15-19-11)18-14(16-9)20-6-2-3-10(8-20)13(21)22;3-2(4,5)1(6)7;/h4-5,7,10H,2-3,6,8H2,1H3,(H,21,22)(H2,15,16,17,18,19);(H,6,7);1H2/t10-;;/m0../s1. The molecule has 0 amide bonds. The number of hydrogen-bond acceptors (Lipinski definition) is 7.